The molecule has 0 unspecified atom stereocenters. The molecule has 0 radical (unpaired) electrons. The molecule has 100 valence electrons. The van der Waals surface area contributed by atoms with Crippen molar-refractivity contribution in [1.82, 2.24) is 9.97 Å². The maximum atomic E-state index is 5.72. The summed E-state index contributed by atoms with van der Waals surface area (Å²) in [7, 11) is 0. The molecule has 0 atom stereocenters. The van der Waals surface area contributed by atoms with Gasteiger partial charge in [-0.3, -0.25) is 0 Å². The second kappa shape index (κ2) is 5.65. The first-order valence-corrected chi connectivity index (χ1v) is 6.94. The second-order valence-corrected chi connectivity index (χ2v) is 5.46. The van der Waals surface area contributed by atoms with Gasteiger partial charge in [-0.15, -0.1) is 0 Å². The van der Waals surface area contributed by atoms with E-state index in [1.807, 2.05) is 6.92 Å². The van der Waals surface area contributed by atoms with Crippen molar-refractivity contribution in [2.45, 2.75) is 52.0 Å². The number of hydrogen-bond donors (Lipinski definition) is 1. The highest BCUT2D eigenvalue weighted by Crippen LogP contribution is 2.28. The normalized spacial score (nSPS) is 15.8. The summed E-state index contributed by atoms with van der Waals surface area (Å²) in [4.78, 5) is 11.6. The fraction of sp³-hybridized carbons (Fsp3) is 0.714. The standard InChI is InChI=1S/C14H24N4/c1-10(2)13-9-11(3)16-14(17-13)18(8-7-15)12-5-4-6-12/h9-10,12H,4-8,15H2,1-3H3. The Labute approximate surface area is 110 Å². The van der Waals surface area contributed by atoms with Gasteiger partial charge in [0.1, 0.15) is 0 Å². The molecule has 4 heteroatoms. The lowest BCUT2D eigenvalue weighted by atomic mass is 9.91. The van der Waals surface area contributed by atoms with Crippen LogP contribution in [0.25, 0.3) is 0 Å². The van der Waals surface area contributed by atoms with E-state index in [0.717, 1.165) is 23.9 Å². The van der Waals surface area contributed by atoms with Crippen LogP contribution in [0.4, 0.5) is 5.95 Å². The smallest absolute Gasteiger partial charge is 0.226 e. The van der Waals surface area contributed by atoms with E-state index in [-0.39, 0.29) is 0 Å². The number of aryl methyl sites for hydroxylation is 1. The summed E-state index contributed by atoms with van der Waals surface area (Å²) in [6.07, 6.45) is 3.80. The van der Waals surface area contributed by atoms with E-state index in [4.69, 9.17) is 10.7 Å². The predicted octanol–water partition coefficient (Wildman–Crippen LogP) is 2.23. The predicted molar refractivity (Wildman–Crippen MR) is 74.9 cm³/mol. The van der Waals surface area contributed by atoms with E-state index in [1.54, 1.807) is 0 Å². The third-order valence-corrected chi connectivity index (χ3v) is 3.60. The van der Waals surface area contributed by atoms with Gasteiger partial charge >= 0.3 is 0 Å². The molecule has 1 aliphatic rings. The van der Waals surface area contributed by atoms with Crippen molar-refractivity contribution in [1.29, 1.82) is 0 Å². The number of hydrogen-bond acceptors (Lipinski definition) is 4. The number of anilines is 1. The van der Waals surface area contributed by atoms with Gasteiger partial charge in [0.15, 0.2) is 0 Å². The molecule has 0 spiro atoms. The van der Waals surface area contributed by atoms with Crippen LogP contribution in [0.2, 0.25) is 0 Å². The van der Waals surface area contributed by atoms with Crippen molar-refractivity contribution in [3.63, 3.8) is 0 Å². The molecule has 18 heavy (non-hydrogen) atoms. The summed E-state index contributed by atoms with van der Waals surface area (Å²) in [5, 5.41) is 0. The molecule has 1 aromatic heterocycles. The van der Waals surface area contributed by atoms with Gasteiger partial charge in [-0.2, -0.15) is 0 Å². The molecule has 4 nitrogen and oxygen atoms in total. The van der Waals surface area contributed by atoms with Crippen LogP contribution in [0.3, 0.4) is 0 Å². The molecule has 1 fully saturated rings. The molecule has 1 aromatic rings. The molecular formula is C14H24N4. The lowest BCUT2D eigenvalue weighted by Gasteiger charge is -2.37. The third kappa shape index (κ3) is 2.80. The molecule has 2 rings (SSSR count). The quantitative estimate of drug-likeness (QED) is 0.868. The number of rotatable bonds is 5. The monoisotopic (exact) mass is 248 g/mol. The van der Waals surface area contributed by atoms with Gasteiger partial charge in [0.05, 0.1) is 0 Å². The minimum atomic E-state index is 0.437. The van der Waals surface area contributed by atoms with Crippen molar-refractivity contribution < 1.29 is 0 Å². The molecule has 2 N–H and O–H groups in total. The number of aromatic nitrogens is 2. The zero-order chi connectivity index (χ0) is 13.1. The Morgan fingerprint density at radius 1 is 1.39 bits per heavy atom. The highest BCUT2D eigenvalue weighted by molar-refractivity contribution is 5.35. The molecule has 0 aliphatic heterocycles. The van der Waals surface area contributed by atoms with Gasteiger partial charge in [-0.25, -0.2) is 9.97 Å². The summed E-state index contributed by atoms with van der Waals surface area (Å²) in [6.45, 7) is 7.89. The average molecular weight is 248 g/mol. The van der Waals surface area contributed by atoms with Crippen LogP contribution >= 0.6 is 0 Å². The summed E-state index contributed by atoms with van der Waals surface area (Å²) >= 11 is 0. The van der Waals surface area contributed by atoms with E-state index < -0.39 is 0 Å². The fourth-order valence-electron chi connectivity index (χ4n) is 2.28. The van der Waals surface area contributed by atoms with Gasteiger partial charge in [-0.1, -0.05) is 13.8 Å². The molecule has 0 saturated heterocycles. The first-order valence-electron chi connectivity index (χ1n) is 6.94. The number of nitrogens with zero attached hydrogens (tertiary/aromatic N) is 3. The van der Waals surface area contributed by atoms with Crippen molar-refractivity contribution in [3.8, 4) is 0 Å². The number of nitrogens with two attached hydrogens (primary N) is 1. The minimum absolute atomic E-state index is 0.437. The van der Waals surface area contributed by atoms with Crippen molar-refractivity contribution in [3.05, 3.63) is 17.5 Å². The van der Waals surface area contributed by atoms with E-state index >= 15 is 0 Å². The Balaban J connectivity index is 2.27. The highest BCUT2D eigenvalue weighted by atomic mass is 15.3. The molecule has 0 aromatic carbocycles. The molecular weight excluding hydrogens is 224 g/mol. The van der Waals surface area contributed by atoms with Gasteiger partial charge in [0.2, 0.25) is 5.95 Å². The summed E-state index contributed by atoms with van der Waals surface area (Å²) in [6, 6.07) is 2.67. The van der Waals surface area contributed by atoms with Gasteiger partial charge in [0, 0.05) is 30.5 Å². The maximum Gasteiger partial charge on any atom is 0.226 e. The van der Waals surface area contributed by atoms with Crippen LogP contribution in [0.5, 0.6) is 0 Å². The third-order valence-electron chi connectivity index (χ3n) is 3.60. The Kier molecular flexibility index (Phi) is 4.17. The van der Waals surface area contributed by atoms with E-state index in [9.17, 15) is 0 Å². The highest BCUT2D eigenvalue weighted by Gasteiger charge is 2.26. The first-order chi connectivity index (χ1) is 8.61. The van der Waals surface area contributed by atoms with Gasteiger partial charge in [-0.05, 0) is 38.2 Å². The topological polar surface area (TPSA) is 55.0 Å². The SMILES string of the molecule is Cc1cc(C(C)C)nc(N(CCN)C2CCC2)n1. The molecule has 0 amide bonds. The van der Waals surface area contributed by atoms with Crippen molar-refractivity contribution in [2.24, 2.45) is 5.73 Å². The van der Waals surface area contributed by atoms with Crippen LogP contribution < -0.4 is 10.6 Å². The average Bonchev–Trinajstić information content (AvgIpc) is 2.25. The van der Waals surface area contributed by atoms with Crippen molar-refractivity contribution >= 4 is 5.95 Å². The van der Waals surface area contributed by atoms with Crippen LogP contribution in [0.15, 0.2) is 6.07 Å². The Hall–Kier alpha value is -1.16. The van der Waals surface area contributed by atoms with Crippen molar-refractivity contribution in [2.75, 3.05) is 18.0 Å². The summed E-state index contributed by atoms with van der Waals surface area (Å²) in [5.74, 6) is 1.31. The van der Waals surface area contributed by atoms with Gasteiger partial charge in [0.25, 0.3) is 0 Å². The zero-order valence-corrected chi connectivity index (χ0v) is 11.7. The second-order valence-electron chi connectivity index (χ2n) is 5.46. The van der Waals surface area contributed by atoms with Crippen LogP contribution in [0, 0.1) is 6.92 Å². The molecule has 1 heterocycles. The lowest BCUT2D eigenvalue weighted by Crippen LogP contribution is -2.44. The van der Waals surface area contributed by atoms with E-state index in [1.165, 1.54) is 19.3 Å². The summed E-state index contributed by atoms with van der Waals surface area (Å²) in [5.41, 5.74) is 7.89. The van der Waals surface area contributed by atoms with Crippen LogP contribution in [-0.2, 0) is 0 Å². The largest absolute Gasteiger partial charge is 0.337 e. The summed E-state index contributed by atoms with van der Waals surface area (Å²) < 4.78 is 0. The molecule has 1 saturated carbocycles. The van der Waals surface area contributed by atoms with Crippen LogP contribution in [0.1, 0.15) is 50.4 Å². The lowest BCUT2D eigenvalue weighted by molar-refractivity contribution is 0.383. The Morgan fingerprint density at radius 2 is 2.11 bits per heavy atom. The van der Waals surface area contributed by atoms with E-state index in [2.05, 4.69) is 29.8 Å². The molecule has 1 aliphatic carbocycles. The Bertz CT molecular complexity index is 399. The Morgan fingerprint density at radius 3 is 2.61 bits per heavy atom. The maximum absolute atomic E-state index is 5.72. The molecule has 0 bridgehead atoms. The first kappa shape index (κ1) is 13.3. The minimum Gasteiger partial charge on any atom is -0.337 e. The van der Waals surface area contributed by atoms with Crippen LogP contribution in [-0.4, -0.2) is 29.1 Å². The van der Waals surface area contributed by atoms with Gasteiger partial charge < -0.3 is 10.6 Å². The zero-order valence-electron chi connectivity index (χ0n) is 11.7. The van der Waals surface area contributed by atoms with E-state index in [0.29, 0.717) is 18.5 Å². The fourth-order valence-corrected chi connectivity index (χ4v) is 2.28.